The molecule has 0 aliphatic rings. The Kier molecular flexibility index (Phi) is 8.40. The van der Waals surface area contributed by atoms with E-state index in [1.54, 1.807) is 0 Å². The standard InChI is InChI=1S/C52H34N2S/c1-3-12-39(13-4-1)48-34-49(54-52(53-48)40-14-5-2-6-15-40)44-19-10-17-42(33-44)38-30-26-36(27-31-38)35-24-28-37(29-25-35)41-16-9-18-43(32-41)45-21-11-22-47-46-20-7-8-23-50(46)55-51(45)47/h1-34H. The van der Waals surface area contributed by atoms with Crippen LogP contribution in [0, 0.1) is 0 Å². The first-order valence-corrected chi connectivity index (χ1v) is 19.4. The maximum atomic E-state index is 5.05. The molecule has 0 bridgehead atoms. The Labute approximate surface area is 324 Å². The molecule has 0 saturated heterocycles. The van der Waals surface area contributed by atoms with Crippen LogP contribution in [0.1, 0.15) is 0 Å². The summed E-state index contributed by atoms with van der Waals surface area (Å²) in [4.78, 5) is 10.0. The van der Waals surface area contributed by atoms with Crippen molar-refractivity contribution >= 4 is 31.5 Å². The third-order valence-corrected chi connectivity index (χ3v) is 11.6. The van der Waals surface area contributed by atoms with Gasteiger partial charge in [0, 0.05) is 36.9 Å². The molecule has 258 valence electrons. The molecule has 10 rings (SSSR count). The Morgan fingerprint density at radius 1 is 0.291 bits per heavy atom. The second-order valence-electron chi connectivity index (χ2n) is 13.8. The number of thiophene rings is 1. The molecule has 3 heteroatoms. The molecule has 2 heterocycles. The van der Waals surface area contributed by atoms with Crippen LogP contribution in [0.25, 0.3) is 98.6 Å². The number of rotatable bonds is 7. The smallest absolute Gasteiger partial charge is 0.160 e. The Hall–Kier alpha value is -6.94. The van der Waals surface area contributed by atoms with Gasteiger partial charge in [0.05, 0.1) is 11.4 Å². The van der Waals surface area contributed by atoms with Crippen LogP contribution in [-0.2, 0) is 0 Å². The fourth-order valence-corrected chi connectivity index (χ4v) is 8.72. The summed E-state index contributed by atoms with van der Waals surface area (Å²) in [7, 11) is 0. The highest BCUT2D eigenvalue weighted by Crippen LogP contribution is 2.41. The number of nitrogens with zero attached hydrogens (tertiary/aromatic N) is 2. The van der Waals surface area contributed by atoms with E-state index in [0.29, 0.717) is 0 Å². The largest absolute Gasteiger partial charge is 0.228 e. The molecule has 0 atom stereocenters. The summed E-state index contributed by atoms with van der Waals surface area (Å²) in [6.45, 7) is 0. The molecule has 2 aromatic heterocycles. The van der Waals surface area contributed by atoms with E-state index in [4.69, 9.17) is 9.97 Å². The van der Waals surface area contributed by atoms with Gasteiger partial charge in [0.1, 0.15) is 0 Å². The van der Waals surface area contributed by atoms with Crippen molar-refractivity contribution in [1.82, 2.24) is 9.97 Å². The SMILES string of the molecule is c1ccc(-c2cc(-c3cccc(-c4ccc(-c5ccc(-c6cccc(-c7cccc8c7sc7ccccc78)c6)cc5)cc4)c3)nc(-c3ccccc3)n2)cc1. The van der Waals surface area contributed by atoms with Gasteiger partial charge in [-0.15, -0.1) is 11.3 Å². The van der Waals surface area contributed by atoms with E-state index in [1.807, 2.05) is 47.7 Å². The van der Waals surface area contributed by atoms with Gasteiger partial charge in [-0.1, -0.05) is 182 Å². The maximum absolute atomic E-state index is 5.05. The van der Waals surface area contributed by atoms with Crippen molar-refractivity contribution in [1.29, 1.82) is 0 Å². The summed E-state index contributed by atoms with van der Waals surface area (Å²) in [5, 5.41) is 2.65. The van der Waals surface area contributed by atoms with Crippen LogP contribution in [0.2, 0.25) is 0 Å². The van der Waals surface area contributed by atoms with Gasteiger partial charge in [-0.3, -0.25) is 0 Å². The lowest BCUT2D eigenvalue weighted by molar-refractivity contribution is 1.18. The van der Waals surface area contributed by atoms with E-state index in [0.717, 1.165) is 45.0 Å². The number of benzene rings is 8. The van der Waals surface area contributed by atoms with E-state index in [9.17, 15) is 0 Å². The van der Waals surface area contributed by atoms with E-state index in [1.165, 1.54) is 53.6 Å². The molecule has 0 aliphatic heterocycles. The molecule has 55 heavy (non-hydrogen) atoms. The minimum atomic E-state index is 0.718. The number of hydrogen-bond donors (Lipinski definition) is 0. The molecule has 0 aliphatic carbocycles. The summed E-state index contributed by atoms with van der Waals surface area (Å²) in [5.41, 5.74) is 14.6. The first kappa shape index (κ1) is 32.7. The summed E-state index contributed by atoms with van der Waals surface area (Å²) < 4.78 is 2.67. The molecule has 10 aromatic rings. The zero-order valence-electron chi connectivity index (χ0n) is 29.9. The first-order chi connectivity index (χ1) is 27.2. The van der Waals surface area contributed by atoms with Crippen molar-refractivity contribution in [2.24, 2.45) is 0 Å². The second-order valence-corrected chi connectivity index (χ2v) is 14.8. The average Bonchev–Trinajstić information content (AvgIpc) is 3.66. The maximum Gasteiger partial charge on any atom is 0.160 e. The molecule has 0 radical (unpaired) electrons. The number of hydrogen-bond acceptors (Lipinski definition) is 3. The third-order valence-electron chi connectivity index (χ3n) is 10.3. The summed E-state index contributed by atoms with van der Waals surface area (Å²) in [5.74, 6) is 0.718. The van der Waals surface area contributed by atoms with Crippen molar-refractivity contribution in [3.8, 4) is 78.4 Å². The van der Waals surface area contributed by atoms with E-state index in [2.05, 4.69) is 170 Å². The highest BCUT2D eigenvalue weighted by Gasteiger charge is 2.13. The van der Waals surface area contributed by atoms with Crippen molar-refractivity contribution in [2.75, 3.05) is 0 Å². The van der Waals surface area contributed by atoms with E-state index >= 15 is 0 Å². The van der Waals surface area contributed by atoms with Crippen LogP contribution >= 0.6 is 11.3 Å². The average molecular weight is 719 g/mol. The van der Waals surface area contributed by atoms with Gasteiger partial charge in [-0.2, -0.15) is 0 Å². The van der Waals surface area contributed by atoms with E-state index in [-0.39, 0.29) is 0 Å². The zero-order chi connectivity index (χ0) is 36.6. The predicted molar refractivity (Wildman–Crippen MR) is 233 cm³/mol. The molecule has 8 aromatic carbocycles. The van der Waals surface area contributed by atoms with Gasteiger partial charge in [0.25, 0.3) is 0 Å². The van der Waals surface area contributed by atoms with E-state index < -0.39 is 0 Å². The molecule has 0 saturated carbocycles. The lowest BCUT2D eigenvalue weighted by atomic mass is 9.95. The van der Waals surface area contributed by atoms with Crippen molar-refractivity contribution < 1.29 is 0 Å². The van der Waals surface area contributed by atoms with Gasteiger partial charge in [0.15, 0.2) is 5.82 Å². The monoisotopic (exact) mass is 718 g/mol. The lowest BCUT2D eigenvalue weighted by Crippen LogP contribution is -1.96. The molecular formula is C52H34N2S. The minimum Gasteiger partial charge on any atom is -0.228 e. The number of fused-ring (bicyclic) bond motifs is 3. The van der Waals surface area contributed by atoms with Crippen LogP contribution in [0.3, 0.4) is 0 Å². The van der Waals surface area contributed by atoms with Gasteiger partial charge >= 0.3 is 0 Å². The van der Waals surface area contributed by atoms with Gasteiger partial charge < -0.3 is 0 Å². The summed E-state index contributed by atoms with van der Waals surface area (Å²) in [6, 6.07) is 73.3. The second kappa shape index (κ2) is 14.1. The normalized spacial score (nSPS) is 11.3. The van der Waals surface area contributed by atoms with Crippen LogP contribution in [0.5, 0.6) is 0 Å². The molecule has 2 nitrogen and oxygen atoms in total. The highest BCUT2D eigenvalue weighted by molar-refractivity contribution is 7.26. The van der Waals surface area contributed by atoms with Crippen LogP contribution in [0.4, 0.5) is 0 Å². The predicted octanol–water partition coefficient (Wildman–Crippen LogP) is 14.5. The summed E-state index contributed by atoms with van der Waals surface area (Å²) >= 11 is 1.88. The third kappa shape index (κ3) is 6.41. The molecule has 0 fully saturated rings. The molecule has 0 spiro atoms. The Bertz CT molecular complexity index is 2890. The Balaban J connectivity index is 0.916. The van der Waals surface area contributed by atoms with Crippen molar-refractivity contribution in [2.45, 2.75) is 0 Å². The molecular weight excluding hydrogens is 685 g/mol. The fraction of sp³-hybridized carbons (Fsp3) is 0. The van der Waals surface area contributed by atoms with Crippen molar-refractivity contribution in [3.05, 3.63) is 206 Å². The van der Waals surface area contributed by atoms with Crippen LogP contribution in [-0.4, -0.2) is 9.97 Å². The molecule has 0 unspecified atom stereocenters. The fourth-order valence-electron chi connectivity index (χ4n) is 7.48. The van der Waals surface area contributed by atoms with Crippen LogP contribution in [0.15, 0.2) is 206 Å². The highest BCUT2D eigenvalue weighted by atomic mass is 32.1. The minimum absolute atomic E-state index is 0.718. The van der Waals surface area contributed by atoms with Gasteiger partial charge in [-0.25, -0.2) is 9.97 Å². The lowest BCUT2D eigenvalue weighted by Gasteiger charge is -2.11. The van der Waals surface area contributed by atoms with Crippen molar-refractivity contribution in [3.63, 3.8) is 0 Å². The Morgan fingerprint density at radius 2 is 0.745 bits per heavy atom. The number of aromatic nitrogens is 2. The molecule has 0 amide bonds. The Morgan fingerprint density at radius 3 is 1.40 bits per heavy atom. The van der Waals surface area contributed by atoms with Crippen LogP contribution < -0.4 is 0 Å². The van der Waals surface area contributed by atoms with Gasteiger partial charge in [-0.05, 0) is 68.8 Å². The quantitative estimate of drug-likeness (QED) is 0.164. The topological polar surface area (TPSA) is 25.8 Å². The summed E-state index contributed by atoms with van der Waals surface area (Å²) in [6.07, 6.45) is 0. The molecule has 0 N–H and O–H groups in total. The first-order valence-electron chi connectivity index (χ1n) is 18.6. The zero-order valence-corrected chi connectivity index (χ0v) is 30.7. The van der Waals surface area contributed by atoms with Gasteiger partial charge in [0.2, 0.25) is 0 Å².